The van der Waals surface area contributed by atoms with Crippen molar-refractivity contribution in [3.8, 4) is 0 Å². The van der Waals surface area contributed by atoms with Crippen molar-refractivity contribution >= 4 is 28.8 Å². The zero-order valence-electron chi connectivity index (χ0n) is 15.2. The molecule has 4 nitrogen and oxygen atoms in total. The highest BCUT2D eigenvalue weighted by atomic mass is 32.1. The highest BCUT2D eigenvalue weighted by Gasteiger charge is 2.22. The van der Waals surface area contributed by atoms with Crippen LogP contribution in [0.25, 0.3) is 0 Å². The fourth-order valence-corrected chi connectivity index (χ4v) is 3.65. The molecule has 6 heteroatoms. The molecule has 1 saturated heterocycles. The van der Waals surface area contributed by atoms with Crippen molar-refractivity contribution in [1.29, 1.82) is 0 Å². The SMILES string of the molecule is CC1CC(C)CN(c2ccc(NC(=S)NCc3ccc(F)cc3)cn2)C1. The maximum absolute atomic E-state index is 12.9. The first-order valence-electron chi connectivity index (χ1n) is 9.00. The lowest BCUT2D eigenvalue weighted by molar-refractivity contribution is 0.355. The maximum atomic E-state index is 12.9. The Morgan fingerprint density at radius 3 is 2.46 bits per heavy atom. The van der Waals surface area contributed by atoms with E-state index >= 15 is 0 Å². The van der Waals surface area contributed by atoms with E-state index in [-0.39, 0.29) is 5.82 Å². The molecule has 0 saturated carbocycles. The van der Waals surface area contributed by atoms with Crippen LogP contribution < -0.4 is 15.5 Å². The largest absolute Gasteiger partial charge is 0.358 e. The van der Waals surface area contributed by atoms with Crippen LogP contribution in [0.4, 0.5) is 15.9 Å². The molecule has 0 spiro atoms. The summed E-state index contributed by atoms with van der Waals surface area (Å²) in [6.45, 7) is 7.25. The van der Waals surface area contributed by atoms with Crippen LogP contribution in [0.2, 0.25) is 0 Å². The lowest BCUT2D eigenvalue weighted by Crippen LogP contribution is -2.39. The van der Waals surface area contributed by atoms with Gasteiger partial charge in [0.15, 0.2) is 5.11 Å². The van der Waals surface area contributed by atoms with Crippen LogP contribution in [0.1, 0.15) is 25.8 Å². The number of piperidine rings is 1. The summed E-state index contributed by atoms with van der Waals surface area (Å²) < 4.78 is 12.9. The average molecular weight is 373 g/mol. The average Bonchev–Trinajstić information content (AvgIpc) is 2.61. The molecule has 2 atom stereocenters. The van der Waals surface area contributed by atoms with E-state index in [2.05, 4.69) is 34.4 Å². The summed E-state index contributed by atoms with van der Waals surface area (Å²) in [7, 11) is 0. The highest BCUT2D eigenvalue weighted by molar-refractivity contribution is 7.80. The first-order chi connectivity index (χ1) is 12.5. The molecule has 1 aromatic heterocycles. The topological polar surface area (TPSA) is 40.2 Å². The molecule has 1 aliphatic rings. The minimum atomic E-state index is -0.238. The van der Waals surface area contributed by atoms with Crippen molar-refractivity contribution in [1.82, 2.24) is 10.3 Å². The number of aromatic nitrogens is 1. The van der Waals surface area contributed by atoms with Crippen LogP contribution in [0.15, 0.2) is 42.6 Å². The van der Waals surface area contributed by atoms with E-state index < -0.39 is 0 Å². The Morgan fingerprint density at radius 2 is 1.85 bits per heavy atom. The van der Waals surface area contributed by atoms with E-state index in [1.807, 2.05) is 18.3 Å². The van der Waals surface area contributed by atoms with Gasteiger partial charge in [-0.2, -0.15) is 0 Å². The third kappa shape index (κ3) is 5.14. The van der Waals surface area contributed by atoms with Gasteiger partial charge >= 0.3 is 0 Å². The number of anilines is 2. The van der Waals surface area contributed by atoms with Crippen LogP contribution in [-0.2, 0) is 6.54 Å². The van der Waals surface area contributed by atoms with Gasteiger partial charge in [0.2, 0.25) is 0 Å². The van der Waals surface area contributed by atoms with Gasteiger partial charge in [0.05, 0.1) is 11.9 Å². The van der Waals surface area contributed by atoms with Crippen molar-refractivity contribution < 1.29 is 4.39 Å². The molecule has 2 aromatic rings. The molecule has 1 fully saturated rings. The van der Waals surface area contributed by atoms with Crippen molar-refractivity contribution in [3.63, 3.8) is 0 Å². The Kier molecular flexibility index (Phi) is 6.04. The number of halogens is 1. The summed E-state index contributed by atoms with van der Waals surface area (Å²) in [6.07, 6.45) is 3.09. The molecular formula is C20H25FN4S. The van der Waals surface area contributed by atoms with Gasteiger partial charge in [0.25, 0.3) is 0 Å². The Balaban J connectivity index is 1.52. The lowest BCUT2D eigenvalue weighted by Gasteiger charge is -2.35. The Hall–Kier alpha value is -2.21. The zero-order chi connectivity index (χ0) is 18.5. The van der Waals surface area contributed by atoms with Crippen molar-refractivity contribution in [2.45, 2.75) is 26.8 Å². The minimum absolute atomic E-state index is 0.238. The third-order valence-corrected chi connectivity index (χ3v) is 4.81. The Labute approximate surface area is 159 Å². The molecule has 2 N–H and O–H groups in total. The number of pyridine rings is 1. The van der Waals surface area contributed by atoms with E-state index in [1.165, 1.54) is 18.6 Å². The van der Waals surface area contributed by atoms with E-state index in [1.54, 1.807) is 12.1 Å². The molecule has 2 unspecified atom stereocenters. The van der Waals surface area contributed by atoms with Crippen molar-refractivity contribution in [2.24, 2.45) is 11.8 Å². The van der Waals surface area contributed by atoms with E-state index in [0.29, 0.717) is 23.5 Å². The summed E-state index contributed by atoms with van der Waals surface area (Å²) in [5, 5.41) is 6.77. The van der Waals surface area contributed by atoms with Gasteiger partial charge in [-0.15, -0.1) is 0 Å². The number of hydrogen-bond acceptors (Lipinski definition) is 3. The Morgan fingerprint density at radius 1 is 1.15 bits per heavy atom. The molecule has 0 amide bonds. The van der Waals surface area contributed by atoms with Crippen LogP contribution >= 0.6 is 12.2 Å². The molecule has 1 aromatic carbocycles. The molecule has 1 aliphatic heterocycles. The van der Waals surface area contributed by atoms with Crippen molar-refractivity contribution in [2.75, 3.05) is 23.3 Å². The van der Waals surface area contributed by atoms with Gasteiger partial charge in [-0.05, 0) is 60.3 Å². The number of thiocarbonyl (C=S) groups is 1. The van der Waals surface area contributed by atoms with Crippen LogP contribution in [-0.4, -0.2) is 23.2 Å². The van der Waals surface area contributed by atoms with Gasteiger partial charge < -0.3 is 15.5 Å². The van der Waals surface area contributed by atoms with Gasteiger partial charge in [-0.25, -0.2) is 9.37 Å². The van der Waals surface area contributed by atoms with Gasteiger partial charge in [0, 0.05) is 19.6 Å². The van der Waals surface area contributed by atoms with Gasteiger partial charge in [-0.1, -0.05) is 26.0 Å². The number of benzene rings is 1. The maximum Gasteiger partial charge on any atom is 0.171 e. The standard InChI is InChI=1S/C20H25FN4S/c1-14-9-15(2)13-25(12-14)19-8-7-18(11-22-19)24-20(26)23-10-16-3-5-17(21)6-4-16/h3-8,11,14-15H,9-10,12-13H2,1-2H3,(H2,23,24,26). The predicted octanol–water partition coefficient (Wildman–Crippen LogP) is 4.19. The summed E-state index contributed by atoms with van der Waals surface area (Å²) in [4.78, 5) is 6.94. The fraction of sp³-hybridized carbons (Fsp3) is 0.400. The molecular weight excluding hydrogens is 347 g/mol. The number of nitrogens with one attached hydrogen (secondary N) is 2. The van der Waals surface area contributed by atoms with Crippen LogP contribution in [0.5, 0.6) is 0 Å². The second-order valence-corrected chi connectivity index (χ2v) is 7.60. The van der Waals surface area contributed by atoms with Crippen molar-refractivity contribution in [3.05, 3.63) is 54.0 Å². The summed E-state index contributed by atoms with van der Waals surface area (Å²) in [6, 6.07) is 10.4. The summed E-state index contributed by atoms with van der Waals surface area (Å²) in [5.41, 5.74) is 1.82. The van der Waals surface area contributed by atoms with E-state index in [9.17, 15) is 4.39 Å². The highest BCUT2D eigenvalue weighted by Crippen LogP contribution is 2.25. The summed E-state index contributed by atoms with van der Waals surface area (Å²) >= 11 is 5.32. The lowest BCUT2D eigenvalue weighted by atomic mass is 9.92. The van der Waals surface area contributed by atoms with Gasteiger partial charge in [0.1, 0.15) is 11.6 Å². The molecule has 0 radical (unpaired) electrons. The monoisotopic (exact) mass is 372 g/mol. The number of rotatable bonds is 4. The molecule has 26 heavy (non-hydrogen) atoms. The molecule has 3 rings (SSSR count). The molecule has 0 bridgehead atoms. The zero-order valence-corrected chi connectivity index (χ0v) is 16.0. The second kappa shape index (κ2) is 8.45. The number of nitrogens with zero attached hydrogens (tertiary/aromatic N) is 2. The third-order valence-electron chi connectivity index (χ3n) is 4.56. The van der Waals surface area contributed by atoms with Crippen LogP contribution in [0.3, 0.4) is 0 Å². The smallest absolute Gasteiger partial charge is 0.171 e. The first kappa shape index (κ1) is 18.6. The molecule has 138 valence electrons. The second-order valence-electron chi connectivity index (χ2n) is 7.19. The number of hydrogen-bond donors (Lipinski definition) is 2. The van der Waals surface area contributed by atoms with Crippen LogP contribution in [0, 0.1) is 17.7 Å². The quantitative estimate of drug-likeness (QED) is 0.788. The fourth-order valence-electron chi connectivity index (χ4n) is 3.46. The first-order valence-corrected chi connectivity index (χ1v) is 9.40. The van der Waals surface area contributed by atoms with Gasteiger partial charge in [-0.3, -0.25) is 0 Å². The normalized spacial score (nSPS) is 19.9. The molecule has 0 aliphatic carbocycles. The molecule has 2 heterocycles. The van der Waals surface area contributed by atoms with E-state index in [0.717, 1.165) is 30.2 Å². The predicted molar refractivity (Wildman–Crippen MR) is 109 cm³/mol. The van der Waals surface area contributed by atoms with E-state index in [4.69, 9.17) is 12.2 Å². The summed E-state index contributed by atoms with van der Waals surface area (Å²) in [5.74, 6) is 2.17. The Bertz CT molecular complexity index is 722. The minimum Gasteiger partial charge on any atom is -0.358 e.